The highest BCUT2D eigenvalue weighted by atomic mass is 15.3. The molecule has 0 unspecified atom stereocenters. The molecule has 0 bridgehead atoms. The molecule has 136 valence electrons. The van der Waals surface area contributed by atoms with Crippen molar-refractivity contribution in [1.82, 2.24) is 24.6 Å². The highest BCUT2D eigenvalue weighted by molar-refractivity contribution is 5.29. The molecule has 0 radical (unpaired) electrons. The summed E-state index contributed by atoms with van der Waals surface area (Å²) in [4.78, 5) is 11.5. The van der Waals surface area contributed by atoms with Gasteiger partial charge < -0.3 is 5.32 Å². The third kappa shape index (κ3) is 4.78. The molecule has 0 aromatic carbocycles. The van der Waals surface area contributed by atoms with Gasteiger partial charge in [0, 0.05) is 25.8 Å². The van der Waals surface area contributed by atoms with Crippen molar-refractivity contribution in [2.24, 2.45) is 5.92 Å². The van der Waals surface area contributed by atoms with Gasteiger partial charge in [0.2, 0.25) is 0 Å². The van der Waals surface area contributed by atoms with Gasteiger partial charge in [0.05, 0.1) is 23.8 Å². The van der Waals surface area contributed by atoms with E-state index in [-0.39, 0.29) is 0 Å². The minimum Gasteiger partial charge on any atom is -0.372 e. The highest BCUT2D eigenvalue weighted by Gasteiger charge is 2.19. The molecule has 0 aliphatic carbocycles. The summed E-state index contributed by atoms with van der Waals surface area (Å²) < 4.78 is 2.14. The van der Waals surface area contributed by atoms with Crippen molar-refractivity contribution in [3.63, 3.8) is 0 Å². The Balaban J connectivity index is 1.54. The van der Waals surface area contributed by atoms with E-state index in [1.165, 1.54) is 31.5 Å². The summed E-state index contributed by atoms with van der Waals surface area (Å²) in [6, 6.07) is 2.57. The first-order chi connectivity index (χ1) is 12.2. The quantitative estimate of drug-likeness (QED) is 0.874. The summed E-state index contributed by atoms with van der Waals surface area (Å²) in [6.45, 7) is 7.70. The van der Waals surface area contributed by atoms with Crippen molar-refractivity contribution in [2.45, 2.75) is 52.1 Å². The van der Waals surface area contributed by atoms with Gasteiger partial charge in [-0.1, -0.05) is 0 Å². The molecule has 0 saturated carbocycles. The number of rotatable bonds is 6. The second kappa shape index (κ2) is 8.43. The van der Waals surface area contributed by atoms with Crippen LogP contribution in [0.3, 0.4) is 0 Å². The van der Waals surface area contributed by atoms with E-state index in [1.807, 2.05) is 25.6 Å². The number of aromatic nitrogens is 4. The van der Waals surface area contributed by atoms with Crippen molar-refractivity contribution in [3.05, 3.63) is 36.0 Å². The van der Waals surface area contributed by atoms with Gasteiger partial charge in [-0.15, -0.1) is 0 Å². The van der Waals surface area contributed by atoms with Crippen molar-refractivity contribution in [2.75, 3.05) is 25.5 Å². The lowest BCUT2D eigenvalue weighted by Gasteiger charge is -2.21. The normalized spacial score (nSPS) is 19.1. The number of anilines is 1. The average Bonchev–Trinajstić information content (AvgIpc) is 2.97. The van der Waals surface area contributed by atoms with Gasteiger partial charge in [-0.25, -0.2) is 4.98 Å². The van der Waals surface area contributed by atoms with Crippen LogP contribution in [0.2, 0.25) is 0 Å². The number of nitrogens with one attached hydrogen (secondary N) is 1. The molecule has 3 heterocycles. The van der Waals surface area contributed by atoms with Crippen LogP contribution in [0.15, 0.2) is 24.7 Å². The molecule has 1 saturated heterocycles. The van der Waals surface area contributed by atoms with Gasteiger partial charge in [0.15, 0.2) is 0 Å². The maximum atomic E-state index is 4.53. The molecule has 3 rings (SSSR count). The molecular formula is C19H30N6. The smallest absolute Gasteiger partial charge is 0.144 e. The van der Waals surface area contributed by atoms with Gasteiger partial charge in [0.25, 0.3) is 0 Å². The Labute approximate surface area is 150 Å². The zero-order valence-corrected chi connectivity index (χ0v) is 15.6. The van der Waals surface area contributed by atoms with Crippen LogP contribution >= 0.6 is 0 Å². The fourth-order valence-electron chi connectivity index (χ4n) is 3.63. The van der Waals surface area contributed by atoms with Crippen LogP contribution in [-0.4, -0.2) is 44.8 Å². The lowest BCUT2D eigenvalue weighted by molar-refractivity contribution is 0.261. The molecule has 1 aliphatic heterocycles. The van der Waals surface area contributed by atoms with Gasteiger partial charge in [-0.05, 0) is 64.6 Å². The molecule has 2 aromatic heterocycles. The van der Waals surface area contributed by atoms with Crippen LogP contribution in [0.4, 0.5) is 5.82 Å². The molecule has 1 N–H and O–H groups in total. The fourth-order valence-corrected chi connectivity index (χ4v) is 3.63. The van der Waals surface area contributed by atoms with Gasteiger partial charge in [-0.2, -0.15) is 5.10 Å². The van der Waals surface area contributed by atoms with Crippen LogP contribution in [0.1, 0.15) is 50.5 Å². The number of hydrogen-bond donors (Lipinski definition) is 1. The maximum absolute atomic E-state index is 4.53. The summed E-state index contributed by atoms with van der Waals surface area (Å²) in [5, 5.41) is 7.48. The van der Waals surface area contributed by atoms with Crippen LogP contribution in [-0.2, 0) is 13.0 Å². The monoisotopic (exact) mass is 342 g/mol. The Kier molecular flexibility index (Phi) is 6.02. The molecule has 25 heavy (non-hydrogen) atoms. The van der Waals surface area contributed by atoms with E-state index in [0.717, 1.165) is 31.0 Å². The third-order valence-corrected chi connectivity index (χ3v) is 5.03. The second-order valence-corrected chi connectivity index (χ2v) is 7.28. The lowest BCUT2D eigenvalue weighted by atomic mass is 9.95. The maximum Gasteiger partial charge on any atom is 0.144 e. The van der Waals surface area contributed by atoms with Crippen LogP contribution in [0.25, 0.3) is 0 Å². The van der Waals surface area contributed by atoms with Gasteiger partial charge in [0.1, 0.15) is 5.82 Å². The highest BCUT2D eigenvalue weighted by Crippen LogP contribution is 2.22. The predicted molar refractivity (Wildman–Crippen MR) is 101 cm³/mol. The Morgan fingerprint density at radius 3 is 2.80 bits per heavy atom. The van der Waals surface area contributed by atoms with E-state index >= 15 is 0 Å². The molecule has 0 amide bonds. The van der Waals surface area contributed by atoms with E-state index in [2.05, 4.69) is 49.9 Å². The topological polar surface area (TPSA) is 58.9 Å². The van der Waals surface area contributed by atoms with Gasteiger partial charge in [-0.3, -0.25) is 14.6 Å². The van der Waals surface area contributed by atoms with E-state index in [0.29, 0.717) is 12.0 Å². The number of nitrogens with zero attached hydrogens (tertiary/aromatic N) is 5. The zero-order valence-electron chi connectivity index (χ0n) is 15.6. The summed E-state index contributed by atoms with van der Waals surface area (Å²) in [7, 11) is 1.87. The molecule has 0 spiro atoms. The third-order valence-electron chi connectivity index (χ3n) is 5.03. The lowest BCUT2D eigenvalue weighted by Crippen LogP contribution is -2.26. The van der Waals surface area contributed by atoms with Crippen LogP contribution < -0.4 is 5.32 Å². The Morgan fingerprint density at radius 1 is 1.20 bits per heavy atom. The molecule has 1 aliphatic rings. The molecular weight excluding hydrogens is 312 g/mol. The first-order valence-electron chi connectivity index (χ1n) is 9.39. The molecule has 1 fully saturated rings. The Morgan fingerprint density at radius 2 is 2.08 bits per heavy atom. The summed E-state index contributed by atoms with van der Waals surface area (Å²) >= 11 is 0. The van der Waals surface area contributed by atoms with E-state index < -0.39 is 0 Å². The van der Waals surface area contributed by atoms with Gasteiger partial charge >= 0.3 is 0 Å². The Hall–Kier alpha value is -1.95. The Bertz CT molecular complexity index is 648. The first-order valence-corrected chi connectivity index (χ1v) is 9.39. The minimum atomic E-state index is 0.420. The molecule has 6 nitrogen and oxygen atoms in total. The van der Waals surface area contributed by atoms with E-state index in [4.69, 9.17) is 0 Å². The number of hydrogen-bond acceptors (Lipinski definition) is 5. The predicted octanol–water partition coefficient (Wildman–Crippen LogP) is 3.14. The second-order valence-electron chi connectivity index (χ2n) is 7.28. The summed E-state index contributed by atoms with van der Waals surface area (Å²) in [6.07, 6.45) is 10.4. The van der Waals surface area contributed by atoms with Crippen molar-refractivity contribution in [1.29, 1.82) is 0 Å². The largest absolute Gasteiger partial charge is 0.372 e. The van der Waals surface area contributed by atoms with Crippen LogP contribution in [0.5, 0.6) is 0 Å². The van der Waals surface area contributed by atoms with E-state index in [9.17, 15) is 0 Å². The zero-order chi connectivity index (χ0) is 17.6. The minimum absolute atomic E-state index is 0.420. The summed E-state index contributed by atoms with van der Waals surface area (Å²) in [5.41, 5.74) is 2.43. The number of likely N-dealkylation sites (tertiary alicyclic amines) is 1. The molecule has 6 heteroatoms. The van der Waals surface area contributed by atoms with Crippen molar-refractivity contribution >= 4 is 5.82 Å². The molecule has 2 aromatic rings. The van der Waals surface area contributed by atoms with E-state index in [1.54, 1.807) is 0 Å². The summed E-state index contributed by atoms with van der Waals surface area (Å²) in [5.74, 6) is 1.53. The standard InChI is InChI=1S/C19H30N6/c1-15(2)25-18(6-8-23-25)14-24-9-4-5-16(7-10-24)11-17-12-22-19(20-3)13-21-17/h6,8,12-13,15-16H,4-5,7,9-11,14H2,1-3H3,(H,20,22)/t16-/m1/s1. The fraction of sp³-hybridized carbons (Fsp3) is 0.632. The molecule has 1 atom stereocenters. The average molecular weight is 342 g/mol. The van der Waals surface area contributed by atoms with Crippen LogP contribution in [0, 0.1) is 5.92 Å². The first kappa shape index (κ1) is 17.9. The van der Waals surface area contributed by atoms with Crippen molar-refractivity contribution in [3.8, 4) is 0 Å². The SMILES string of the molecule is CNc1cnc(C[C@@H]2CCCN(Cc3ccnn3C(C)C)CC2)cn1. The van der Waals surface area contributed by atoms with Crippen molar-refractivity contribution < 1.29 is 0 Å².